The molecule has 1 atom stereocenters. The molecule has 1 unspecified atom stereocenters. The summed E-state index contributed by atoms with van der Waals surface area (Å²) >= 11 is 1.65. The van der Waals surface area contributed by atoms with E-state index < -0.39 is 0 Å². The number of hydrazine groups is 1. The lowest BCUT2D eigenvalue weighted by Crippen LogP contribution is -2.30. The molecule has 0 heterocycles. The first-order valence-corrected chi connectivity index (χ1v) is 7.09. The van der Waals surface area contributed by atoms with Crippen molar-refractivity contribution in [3.8, 4) is 0 Å². The van der Waals surface area contributed by atoms with Crippen molar-refractivity contribution in [2.24, 2.45) is 5.84 Å². The minimum Gasteiger partial charge on any atom is -0.271 e. The topological polar surface area (TPSA) is 38.0 Å². The van der Waals surface area contributed by atoms with Crippen LogP contribution in [0, 0.1) is 12.7 Å². The largest absolute Gasteiger partial charge is 0.271 e. The zero-order valence-corrected chi connectivity index (χ0v) is 11.6. The zero-order valence-electron chi connectivity index (χ0n) is 10.8. The van der Waals surface area contributed by atoms with Crippen molar-refractivity contribution in [3.63, 3.8) is 0 Å². The van der Waals surface area contributed by atoms with Crippen molar-refractivity contribution < 1.29 is 4.39 Å². The second-order valence-electron chi connectivity index (χ2n) is 4.37. The number of hydrogen-bond donors (Lipinski definition) is 2. The fourth-order valence-electron chi connectivity index (χ4n) is 1.85. The van der Waals surface area contributed by atoms with Crippen LogP contribution in [0.5, 0.6) is 0 Å². The summed E-state index contributed by atoms with van der Waals surface area (Å²) in [6.07, 6.45) is 0. The zero-order chi connectivity index (χ0) is 13.7. The maximum atomic E-state index is 13.8. The molecule has 2 aromatic rings. The SMILES string of the molecule is Cc1ccc(F)c(C(CSc2ccccc2)NN)c1. The molecule has 3 N–H and O–H groups in total. The van der Waals surface area contributed by atoms with Gasteiger partial charge in [0.2, 0.25) is 0 Å². The van der Waals surface area contributed by atoms with Gasteiger partial charge in [0, 0.05) is 16.2 Å². The highest BCUT2D eigenvalue weighted by Gasteiger charge is 2.14. The first-order valence-electron chi connectivity index (χ1n) is 6.10. The van der Waals surface area contributed by atoms with E-state index in [1.807, 2.05) is 43.3 Å². The molecule has 0 saturated carbocycles. The van der Waals surface area contributed by atoms with Crippen LogP contribution in [0.15, 0.2) is 53.4 Å². The summed E-state index contributed by atoms with van der Waals surface area (Å²) in [6, 6.07) is 14.9. The third kappa shape index (κ3) is 3.80. The Balaban J connectivity index is 2.10. The van der Waals surface area contributed by atoms with Crippen molar-refractivity contribution in [2.45, 2.75) is 17.9 Å². The summed E-state index contributed by atoms with van der Waals surface area (Å²) in [4.78, 5) is 1.15. The second-order valence-corrected chi connectivity index (χ2v) is 5.46. The average molecular weight is 276 g/mol. The maximum Gasteiger partial charge on any atom is 0.128 e. The van der Waals surface area contributed by atoms with Crippen LogP contribution in [-0.2, 0) is 0 Å². The van der Waals surface area contributed by atoms with Crippen LogP contribution < -0.4 is 11.3 Å². The van der Waals surface area contributed by atoms with Gasteiger partial charge in [-0.25, -0.2) is 4.39 Å². The summed E-state index contributed by atoms with van der Waals surface area (Å²) in [7, 11) is 0. The Hall–Kier alpha value is -1.36. The van der Waals surface area contributed by atoms with E-state index in [0.717, 1.165) is 10.5 Å². The number of halogens is 1. The number of hydrogen-bond acceptors (Lipinski definition) is 3. The normalized spacial score (nSPS) is 12.4. The summed E-state index contributed by atoms with van der Waals surface area (Å²) in [5.74, 6) is 6.02. The molecule has 0 bridgehead atoms. The number of rotatable bonds is 5. The molecule has 0 aliphatic heterocycles. The van der Waals surface area contributed by atoms with E-state index >= 15 is 0 Å². The molecular weight excluding hydrogens is 259 g/mol. The molecule has 4 heteroatoms. The fraction of sp³-hybridized carbons (Fsp3) is 0.200. The summed E-state index contributed by atoms with van der Waals surface area (Å²) in [5.41, 5.74) is 4.34. The fourth-order valence-corrected chi connectivity index (χ4v) is 2.84. The van der Waals surface area contributed by atoms with Gasteiger partial charge in [-0.15, -0.1) is 11.8 Å². The van der Waals surface area contributed by atoms with Gasteiger partial charge in [0.1, 0.15) is 5.82 Å². The standard InChI is InChI=1S/C15H17FN2S/c1-11-7-8-14(16)13(9-11)15(18-17)10-19-12-5-3-2-4-6-12/h2-9,15,18H,10,17H2,1H3. The van der Waals surface area contributed by atoms with Crippen molar-refractivity contribution in [1.29, 1.82) is 0 Å². The first kappa shape index (κ1) is 14.1. The minimum atomic E-state index is -0.220. The molecule has 0 aromatic heterocycles. The second kappa shape index (κ2) is 6.70. The Morgan fingerprint density at radius 3 is 2.63 bits per heavy atom. The number of aryl methyl sites for hydroxylation is 1. The van der Waals surface area contributed by atoms with E-state index in [9.17, 15) is 4.39 Å². The molecule has 100 valence electrons. The average Bonchev–Trinajstić information content (AvgIpc) is 2.44. The van der Waals surface area contributed by atoms with E-state index in [2.05, 4.69) is 5.43 Å². The number of benzene rings is 2. The smallest absolute Gasteiger partial charge is 0.128 e. The molecule has 0 aliphatic carbocycles. The van der Waals surface area contributed by atoms with Gasteiger partial charge in [-0.1, -0.05) is 35.9 Å². The summed E-state index contributed by atoms with van der Waals surface area (Å²) < 4.78 is 13.8. The van der Waals surface area contributed by atoms with Gasteiger partial charge < -0.3 is 0 Å². The van der Waals surface area contributed by atoms with Crippen LogP contribution in [0.2, 0.25) is 0 Å². The molecule has 0 spiro atoms. The molecule has 19 heavy (non-hydrogen) atoms. The highest BCUT2D eigenvalue weighted by molar-refractivity contribution is 7.99. The van der Waals surface area contributed by atoms with Gasteiger partial charge >= 0.3 is 0 Å². The van der Waals surface area contributed by atoms with E-state index in [-0.39, 0.29) is 11.9 Å². The van der Waals surface area contributed by atoms with Crippen LogP contribution in [-0.4, -0.2) is 5.75 Å². The summed E-state index contributed by atoms with van der Waals surface area (Å²) in [6.45, 7) is 1.95. The highest BCUT2D eigenvalue weighted by atomic mass is 32.2. The lowest BCUT2D eigenvalue weighted by Gasteiger charge is -2.17. The molecule has 2 rings (SSSR count). The number of nitrogens with two attached hydrogens (primary N) is 1. The Labute approximate surface area is 117 Å². The van der Waals surface area contributed by atoms with E-state index in [1.165, 1.54) is 6.07 Å². The Morgan fingerprint density at radius 2 is 1.95 bits per heavy atom. The first-order chi connectivity index (χ1) is 9.20. The maximum absolute atomic E-state index is 13.8. The monoisotopic (exact) mass is 276 g/mol. The van der Waals surface area contributed by atoms with Crippen LogP contribution in [0.25, 0.3) is 0 Å². The van der Waals surface area contributed by atoms with Crippen LogP contribution in [0.4, 0.5) is 4.39 Å². The molecule has 0 aliphatic rings. The van der Waals surface area contributed by atoms with Crippen molar-refractivity contribution in [1.82, 2.24) is 5.43 Å². The van der Waals surface area contributed by atoms with Crippen LogP contribution >= 0.6 is 11.8 Å². The van der Waals surface area contributed by atoms with E-state index in [0.29, 0.717) is 11.3 Å². The van der Waals surface area contributed by atoms with Gasteiger partial charge in [0.15, 0.2) is 0 Å². The van der Waals surface area contributed by atoms with E-state index in [1.54, 1.807) is 17.8 Å². The van der Waals surface area contributed by atoms with Gasteiger partial charge in [0.25, 0.3) is 0 Å². The quantitative estimate of drug-likeness (QED) is 0.499. The predicted octanol–water partition coefficient (Wildman–Crippen LogP) is 3.43. The summed E-state index contributed by atoms with van der Waals surface area (Å²) in [5, 5.41) is 0. The van der Waals surface area contributed by atoms with Crippen molar-refractivity contribution in [2.75, 3.05) is 5.75 Å². The third-order valence-electron chi connectivity index (χ3n) is 2.89. The molecule has 0 amide bonds. The van der Waals surface area contributed by atoms with Crippen LogP contribution in [0.1, 0.15) is 17.2 Å². The minimum absolute atomic E-state index is 0.204. The number of thioether (sulfide) groups is 1. The molecule has 0 saturated heterocycles. The molecule has 2 aromatic carbocycles. The lowest BCUT2D eigenvalue weighted by atomic mass is 10.1. The van der Waals surface area contributed by atoms with Gasteiger partial charge in [0.05, 0.1) is 6.04 Å². The highest BCUT2D eigenvalue weighted by Crippen LogP contribution is 2.26. The van der Waals surface area contributed by atoms with Gasteiger partial charge in [-0.05, 0) is 25.1 Å². The Bertz CT molecular complexity index is 531. The molecule has 0 radical (unpaired) electrons. The van der Waals surface area contributed by atoms with Gasteiger partial charge in [-0.3, -0.25) is 11.3 Å². The number of nitrogens with one attached hydrogen (secondary N) is 1. The van der Waals surface area contributed by atoms with Crippen molar-refractivity contribution >= 4 is 11.8 Å². The third-order valence-corrected chi connectivity index (χ3v) is 3.99. The molecule has 2 nitrogen and oxygen atoms in total. The predicted molar refractivity (Wildman–Crippen MR) is 78.4 cm³/mol. The van der Waals surface area contributed by atoms with Gasteiger partial charge in [-0.2, -0.15) is 0 Å². The lowest BCUT2D eigenvalue weighted by molar-refractivity contribution is 0.546. The van der Waals surface area contributed by atoms with Crippen LogP contribution in [0.3, 0.4) is 0 Å². The Kier molecular flexibility index (Phi) is 4.96. The Morgan fingerprint density at radius 1 is 1.21 bits per heavy atom. The molecular formula is C15H17FN2S. The molecule has 0 fully saturated rings. The van der Waals surface area contributed by atoms with Crippen molar-refractivity contribution in [3.05, 3.63) is 65.5 Å². The van der Waals surface area contributed by atoms with E-state index in [4.69, 9.17) is 5.84 Å².